The first-order chi connectivity index (χ1) is 10.3. The van der Waals surface area contributed by atoms with Crippen LogP contribution in [0, 0.1) is 5.92 Å². The van der Waals surface area contributed by atoms with E-state index in [2.05, 4.69) is 15.5 Å². The molecule has 1 N–H and O–H groups in total. The molecule has 0 spiro atoms. The zero-order valence-corrected chi connectivity index (χ0v) is 12.0. The Kier molecular flexibility index (Phi) is 4.01. The molecule has 0 radical (unpaired) electrons. The van der Waals surface area contributed by atoms with Gasteiger partial charge in [-0.1, -0.05) is 6.07 Å². The average molecular weight is 289 g/mol. The third kappa shape index (κ3) is 2.97. The van der Waals surface area contributed by atoms with Crippen molar-refractivity contribution in [1.29, 1.82) is 0 Å². The molecule has 0 bridgehead atoms. The number of anilines is 1. The summed E-state index contributed by atoms with van der Waals surface area (Å²) in [5.41, 5.74) is 0.712. The van der Waals surface area contributed by atoms with Gasteiger partial charge in [0.2, 0.25) is 5.95 Å². The number of carbonyl (C=O) groups excluding carboxylic acids is 1. The van der Waals surface area contributed by atoms with E-state index in [0.29, 0.717) is 30.7 Å². The van der Waals surface area contributed by atoms with Gasteiger partial charge in [-0.2, -0.15) is 0 Å². The van der Waals surface area contributed by atoms with E-state index in [1.54, 1.807) is 9.30 Å². The third-order valence-corrected chi connectivity index (χ3v) is 3.66. The molecule has 3 heterocycles. The van der Waals surface area contributed by atoms with Gasteiger partial charge in [0.05, 0.1) is 6.61 Å². The first kappa shape index (κ1) is 13.8. The topological polar surface area (TPSA) is 71.8 Å². The van der Waals surface area contributed by atoms with Gasteiger partial charge in [-0.05, 0) is 25.5 Å². The molecule has 2 aromatic rings. The van der Waals surface area contributed by atoms with Gasteiger partial charge in [0.15, 0.2) is 5.65 Å². The summed E-state index contributed by atoms with van der Waals surface area (Å²) in [5.74, 6) is 0.870. The number of amides is 2. The fraction of sp³-hybridized carbons (Fsp3) is 0.500. The predicted octanol–water partition coefficient (Wildman–Crippen LogP) is 1.62. The minimum Gasteiger partial charge on any atom is -0.381 e. The number of rotatable bonds is 4. The van der Waals surface area contributed by atoms with Crippen LogP contribution in [0.2, 0.25) is 0 Å². The molecule has 0 aromatic carbocycles. The SMILES string of the molecule is CCOC[C@@H]1CCN(C(=O)Nc2nnc3ccccn23)C1. The Balaban J connectivity index is 1.62. The minimum absolute atomic E-state index is 0.132. The van der Waals surface area contributed by atoms with Gasteiger partial charge in [-0.15, -0.1) is 10.2 Å². The van der Waals surface area contributed by atoms with Crippen molar-refractivity contribution in [3.05, 3.63) is 24.4 Å². The first-order valence-electron chi connectivity index (χ1n) is 7.21. The van der Waals surface area contributed by atoms with Crippen LogP contribution in [0.25, 0.3) is 5.65 Å². The standard InChI is InChI=1S/C14H19N5O2/c1-2-21-10-11-6-8-18(9-11)14(20)15-13-17-16-12-5-3-4-7-19(12)13/h3-5,7,11H,2,6,8-10H2,1H3,(H,15,17,20)/t11-/m1/s1. The molecule has 1 fully saturated rings. The molecule has 7 heteroatoms. The molecule has 112 valence electrons. The second-order valence-corrected chi connectivity index (χ2v) is 5.14. The molecule has 0 aliphatic carbocycles. The van der Waals surface area contributed by atoms with Crippen molar-refractivity contribution in [2.75, 3.05) is 31.6 Å². The molecule has 1 saturated heterocycles. The smallest absolute Gasteiger partial charge is 0.324 e. The molecule has 1 aliphatic rings. The lowest BCUT2D eigenvalue weighted by atomic mass is 10.1. The Hall–Kier alpha value is -2.15. The largest absolute Gasteiger partial charge is 0.381 e. The van der Waals surface area contributed by atoms with Crippen LogP contribution in [-0.4, -0.2) is 51.8 Å². The van der Waals surface area contributed by atoms with Gasteiger partial charge in [0.1, 0.15) is 0 Å². The van der Waals surface area contributed by atoms with Crippen molar-refractivity contribution >= 4 is 17.6 Å². The van der Waals surface area contributed by atoms with Crippen LogP contribution in [0.15, 0.2) is 24.4 Å². The second kappa shape index (κ2) is 6.09. The molecule has 1 aliphatic heterocycles. The van der Waals surface area contributed by atoms with E-state index in [9.17, 15) is 4.79 Å². The maximum absolute atomic E-state index is 12.3. The van der Waals surface area contributed by atoms with E-state index < -0.39 is 0 Å². The quantitative estimate of drug-likeness (QED) is 0.928. The Labute approximate surface area is 122 Å². The lowest BCUT2D eigenvalue weighted by molar-refractivity contribution is 0.113. The van der Waals surface area contributed by atoms with Crippen LogP contribution in [0.3, 0.4) is 0 Å². The molecule has 1 atom stereocenters. The number of likely N-dealkylation sites (tertiary alicyclic amines) is 1. The Morgan fingerprint density at radius 1 is 1.48 bits per heavy atom. The third-order valence-electron chi connectivity index (χ3n) is 3.66. The first-order valence-corrected chi connectivity index (χ1v) is 7.21. The fourth-order valence-corrected chi connectivity index (χ4v) is 2.54. The number of hydrogen-bond donors (Lipinski definition) is 1. The highest BCUT2D eigenvalue weighted by Gasteiger charge is 2.27. The molecule has 2 amide bonds. The van der Waals surface area contributed by atoms with Gasteiger partial charge < -0.3 is 9.64 Å². The van der Waals surface area contributed by atoms with Crippen molar-refractivity contribution in [3.63, 3.8) is 0 Å². The highest BCUT2D eigenvalue weighted by atomic mass is 16.5. The van der Waals surface area contributed by atoms with Crippen molar-refractivity contribution in [3.8, 4) is 0 Å². The van der Waals surface area contributed by atoms with Crippen molar-refractivity contribution in [2.24, 2.45) is 5.92 Å². The number of carbonyl (C=O) groups is 1. The van der Waals surface area contributed by atoms with Gasteiger partial charge in [0.25, 0.3) is 0 Å². The maximum Gasteiger partial charge on any atom is 0.324 e. The molecular formula is C14H19N5O2. The number of pyridine rings is 1. The van der Waals surface area contributed by atoms with Gasteiger partial charge in [0, 0.05) is 31.8 Å². The van der Waals surface area contributed by atoms with E-state index in [4.69, 9.17) is 4.74 Å². The van der Waals surface area contributed by atoms with Crippen LogP contribution in [0.1, 0.15) is 13.3 Å². The van der Waals surface area contributed by atoms with E-state index in [-0.39, 0.29) is 6.03 Å². The summed E-state index contributed by atoms with van der Waals surface area (Å²) >= 11 is 0. The second-order valence-electron chi connectivity index (χ2n) is 5.14. The predicted molar refractivity (Wildman–Crippen MR) is 78.2 cm³/mol. The fourth-order valence-electron chi connectivity index (χ4n) is 2.54. The summed E-state index contributed by atoms with van der Waals surface area (Å²) in [7, 11) is 0. The summed E-state index contributed by atoms with van der Waals surface area (Å²) in [5, 5.41) is 10.8. The highest BCUT2D eigenvalue weighted by molar-refractivity contribution is 5.88. The summed E-state index contributed by atoms with van der Waals surface area (Å²) in [4.78, 5) is 14.1. The van der Waals surface area contributed by atoms with Crippen molar-refractivity contribution < 1.29 is 9.53 Å². The number of urea groups is 1. The van der Waals surface area contributed by atoms with Crippen molar-refractivity contribution in [2.45, 2.75) is 13.3 Å². The molecule has 0 unspecified atom stereocenters. The average Bonchev–Trinajstić information content (AvgIpc) is 3.13. The zero-order chi connectivity index (χ0) is 14.7. The lowest BCUT2D eigenvalue weighted by Crippen LogP contribution is -2.34. The zero-order valence-electron chi connectivity index (χ0n) is 12.0. The summed E-state index contributed by atoms with van der Waals surface area (Å²) in [6, 6.07) is 5.47. The number of ether oxygens (including phenoxy) is 1. The number of nitrogens with one attached hydrogen (secondary N) is 1. The van der Waals surface area contributed by atoms with Crippen molar-refractivity contribution in [1.82, 2.24) is 19.5 Å². The van der Waals surface area contributed by atoms with Gasteiger partial charge in [-0.3, -0.25) is 9.72 Å². The summed E-state index contributed by atoms with van der Waals surface area (Å²) in [6.07, 6.45) is 2.81. The molecule has 7 nitrogen and oxygen atoms in total. The Morgan fingerprint density at radius 3 is 3.24 bits per heavy atom. The van der Waals surface area contributed by atoms with Crippen LogP contribution < -0.4 is 5.32 Å². The van der Waals surface area contributed by atoms with E-state index in [0.717, 1.165) is 19.5 Å². The van der Waals surface area contributed by atoms with Gasteiger partial charge >= 0.3 is 6.03 Å². The Bertz CT molecular complexity index is 627. The highest BCUT2D eigenvalue weighted by Crippen LogP contribution is 2.18. The van der Waals surface area contributed by atoms with E-state index in [1.165, 1.54) is 0 Å². The van der Waals surface area contributed by atoms with E-state index in [1.807, 2.05) is 31.3 Å². The summed E-state index contributed by atoms with van der Waals surface area (Å²) in [6.45, 7) is 4.89. The van der Waals surface area contributed by atoms with Gasteiger partial charge in [-0.25, -0.2) is 4.79 Å². The van der Waals surface area contributed by atoms with Crippen LogP contribution >= 0.6 is 0 Å². The molecule has 3 rings (SSSR count). The molecule has 2 aromatic heterocycles. The normalized spacial score (nSPS) is 18.3. The Morgan fingerprint density at radius 2 is 2.38 bits per heavy atom. The minimum atomic E-state index is -0.132. The number of nitrogens with zero attached hydrogens (tertiary/aromatic N) is 4. The maximum atomic E-state index is 12.3. The lowest BCUT2D eigenvalue weighted by Gasteiger charge is -2.16. The number of hydrogen-bond acceptors (Lipinski definition) is 4. The van der Waals surface area contributed by atoms with Crippen LogP contribution in [-0.2, 0) is 4.74 Å². The van der Waals surface area contributed by atoms with E-state index >= 15 is 0 Å². The molecule has 21 heavy (non-hydrogen) atoms. The molecule has 0 saturated carbocycles. The monoisotopic (exact) mass is 289 g/mol. The number of aromatic nitrogens is 3. The van der Waals surface area contributed by atoms with Crippen LogP contribution in [0.5, 0.6) is 0 Å². The number of fused-ring (bicyclic) bond motifs is 1. The van der Waals surface area contributed by atoms with Crippen LogP contribution in [0.4, 0.5) is 10.7 Å². The summed E-state index contributed by atoms with van der Waals surface area (Å²) < 4.78 is 7.18. The molecular weight excluding hydrogens is 270 g/mol.